The highest BCUT2D eigenvalue weighted by Gasteiger charge is 2.24. The van der Waals surface area contributed by atoms with Gasteiger partial charge in [-0.15, -0.1) is 0 Å². The number of halogens is 1. The van der Waals surface area contributed by atoms with Gasteiger partial charge in [0.25, 0.3) is 0 Å². The summed E-state index contributed by atoms with van der Waals surface area (Å²) in [4.78, 5) is 14.4. The molecule has 1 N–H and O–H groups in total. The molecule has 0 aromatic heterocycles. The van der Waals surface area contributed by atoms with Gasteiger partial charge in [-0.25, -0.2) is 0 Å². The van der Waals surface area contributed by atoms with Crippen LogP contribution in [-0.2, 0) is 9.53 Å². The van der Waals surface area contributed by atoms with E-state index in [1.54, 1.807) is 7.11 Å². The van der Waals surface area contributed by atoms with Crippen molar-refractivity contribution in [2.75, 3.05) is 32.1 Å². The number of ether oxygens (including phenoxy) is 1. The van der Waals surface area contributed by atoms with Crippen LogP contribution >= 0.6 is 11.6 Å². The molecule has 2 rings (SSSR count). The van der Waals surface area contributed by atoms with E-state index in [2.05, 4.69) is 10.2 Å². The third kappa shape index (κ3) is 4.43. The van der Waals surface area contributed by atoms with Gasteiger partial charge >= 0.3 is 0 Å². The maximum Gasteiger partial charge on any atom is 0.225 e. The molecule has 4 nitrogen and oxygen atoms in total. The number of hydrogen-bond acceptors (Lipinski definition) is 3. The summed E-state index contributed by atoms with van der Waals surface area (Å²) in [6.07, 6.45) is 2.83. The molecule has 1 saturated heterocycles. The molecule has 0 aliphatic carbocycles. The maximum atomic E-state index is 12.1. The number of likely N-dealkylation sites (tertiary alicyclic amines) is 1. The molecule has 1 heterocycles. The Hall–Kier alpha value is -1.10. The molecule has 0 saturated carbocycles. The highest BCUT2D eigenvalue weighted by atomic mass is 35.5. The van der Waals surface area contributed by atoms with Crippen LogP contribution in [0.4, 0.5) is 5.69 Å². The second-order valence-corrected chi connectivity index (χ2v) is 5.91. The van der Waals surface area contributed by atoms with Crippen molar-refractivity contribution in [1.29, 1.82) is 0 Å². The van der Waals surface area contributed by atoms with Crippen molar-refractivity contribution < 1.29 is 9.53 Å². The van der Waals surface area contributed by atoms with Crippen LogP contribution in [0, 0.1) is 6.92 Å². The Morgan fingerprint density at radius 3 is 3.10 bits per heavy atom. The fourth-order valence-electron chi connectivity index (χ4n) is 2.77. The first-order valence-corrected chi connectivity index (χ1v) is 7.77. The van der Waals surface area contributed by atoms with Crippen molar-refractivity contribution in [1.82, 2.24) is 4.90 Å². The number of methoxy groups -OCH3 is 1. The molecule has 5 heteroatoms. The molecule has 1 fully saturated rings. The second-order valence-electron chi connectivity index (χ2n) is 5.50. The summed E-state index contributed by atoms with van der Waals surface area (Å²) in [5.41, 5.74) is 1.70. The lowest BCUT2D eigenvalue weighted by atomic mass is 10.2. The van der Waals surface area contributed by atoms with Gasteiger partial charge in [0.05, 0.1) is 6.61 Å². The molecule has 0 spiro atoms. The Labute approximate surface area is 131 Å². The van der Waals surface area contributed by atoms with Gasteiger partial charge in [-0.2, -0.15) is 0 Å². The number of hydrogen-bond donors (Lipinski definition) is 1. The van der Waals surface area contributed by atoms with Gasteiger partial charge in [-0.05, 0) is 44.0 Å². The summed E-state index contributed by atoms with van der Waals surface area (Å²) in [5.74, 6) is 0.0310. The number of amides is 1. The van der Waals surface area contributed by atoms with E-state index in [0.717, 1.165) is 37.4 Å². The first-order chi connectivity index (χ1) is 10.1. The standard InChI is InChI=1S/C16H23ClN2O2/c1-12-14(17)6-3-7-15(12)18-16(20)8-10-19-9-4-5-13(19)11-21-2/h3,6-7,13H,4-5,8-11H2,1-2H3,(H,18,20)/t13-/m0/s1. The molecular weight excluding hydrogens is 288 g/mol. The number of carbonyl (C=O) groups excluding carboxylic acids is 1. The van der Waals surface area contributed by atoms with E-state index in [9.17, 15) is 4.79 Å². The molecule has 1 atom stereocenters. The zero-order valence-electron chi connectivity index (χ0n) is 12.7. The van der Waals surface area contributed by atoms with Crippen LogP contribution in [0.15, 0.2) is 18.2 Å². The number of carbonyl (C=O) groups is 1. The fraction of sp³-hybridized carbons (Fsp3) is 0.562. The Kier molecular flexibility index (Phi) is 6.03. The number of benzene rings is 1. The van der Waals surface area contributed by atoms with Crippen molar-refractivity contribution in [2.24, 2.45) is 0 Å². The SMILES string of the molecule is COC[C@@H]1CCCN1CCC(=O)Nc1cccc(Cl)c1C. The monoisotopic (exact) mass is 310 g/mol. The van der Waals surface area contributed by atoms with Gasteiger partial charge < -0.3 is 10.1 Å². The van der Waals surface area contributed by atoms with E-state index in [-0.39, 0.29) is 5.91 Å². The smallest absolute Gasteiger partial charge is 0.225 e. The lowest BCUT2D eigenvalue weighted by Gasteiger charge is -2.23. The number of anilines is 1. The van der Waals surface area contributed by atoms with Crippen molar-refractivity contribution in [3.63, 3.8) is 0 Å². The number of rotatable bonds is 6. The molecular formula is C16H23ClN2O2. The van der Waals surface area contributed by atoms with Crippen molar-refractivity contribution in [3.8, 4) is 0 Å². The molecule has 0 bridgehead atoms. The average Bonchev–Trinajstić information content (AvgIpc) is 2.90. The van der Waals surface area contributed by atoms with E-state index in [1.165, 1.54) is 6.42 Å². The Morgan fingerprint density at radius 2 is 2.33 bits per heavy atom. The van der Waals surface area contributed by atoms with Crippen LogP contribution in [0.25, 0.3) is 0 Å². The molecule has 1 aliphatic rings. The van der Waals surface area contributed by atoms with Crippen LogP contribution in [0.5, 0.6) is 0 Å². The molecule has 1 amide bonds. The Morgan fingerprint density at radius 1 is 1.52 bits per heavy atom. The minimum atomic E-state index is 0.0310. The topological polar surface area (TPSA) is 41.6 Å². The summed E-state index contributed by atoms with van der Waals surface area (Å²) in [7, 11) is 1.73. The summed E-state index contributed by atoms with van der Waals surface area (Å²) < 4.78 is 5.23. The normalized spacial score (nSPS) is 18.9. The minimum absolute atomic E-state index is 0.0310. The van der Waals surface area contributed by atoms with Crippen molar-refractivity contribution in [2.45, 2.75) is 32.2 Å². The minimum Gasteiger partial charge on any atom is -0.383 e. The van der Waals surface area contributed by atoms with Crippen LogP contribution in [0.2, 0.25) is 5.02 Å². The summed E-state index contributed by atoms with van der Waals surface area (Å²) in [5, 5.41) is 3.61. The predicted molar refractivity (Wildman–Crippen MR) is 85.9 cm³/mol. The summed E-state index contributed by atoms with van der Waals surface area (Å²) in [6, 6.07) is 6.00. The van der Waals surface area contributed by atoms with Crippen LogP contribution in [0.1, 0.15) is 24.8 Å². The Balaban J connectivity index is 1.83. The fourth-order valence-corrected chi connectivity index (χ4v) is 2.95. The van der Waals surface area contributed by atoms with E-state index in [4.69, 9.17) is 16.3 Å². The molecule has 1 aliphatic heterocycles. The second kappa shape index (κ2) is 7.78. The largest absolute Gasteiger partial charge is 0.383 e. The molecule has 116 valence electrons. The van der Waals surface area contributed by atoms with E-state index in [0.29, 0.717) is 17.5 Å². The highest BCUT2D eigenvalue weighted by Crippen LogP contribution is 2.23. The molecule has 1 aromatic carbocycles. The third-order valence-corrected chi connectivity index (χ3v) is 4.44. The maximum absolute atomic E-state index is 12.1. The van der Waals surface area contributed by atoms with Gasteiger partial charge in [0.15, 0.2) is 0 Å². The van der Waals surface area contributed by atoms with E-state index < -0.39 is 0 Å². The molecule has 0 radical (unpaired) electrons. The lowest BCUT2D eigenvalue weighted by Crippen LogP contribution is -2.35. The van der Waals surface area contributed by atoms with Gasteiger partial charge in [-0.3, -0.25) is 9.69 Å². The van der Waals surface area contributed by atoms with E-state index in [1.807, 2.05) is 25.1 Å². The predicted octanol–water partition coefficient (Wildman–Crippen LogP) is 3.09. The zero-order valence-corrected chi connectivity index (χ0v) is 13.4. The van der Waals surface area contributed by atoms with Crippen LogP contribution in [-0.4, -0.2) is 43.7 Å². The zero-order chi connectivity index (χ0) is 15.2. The average molecular weight is 311 g/mol. The van der Waals surface area contributed by atoms with E-state index >= 15 is 0 Å². The molecule has 21 heavy (non-hydrogen) atoms. The quantitative estimate of drug-likeness (QED) is 0.878. The van der Waals surface area contributed by atoms with Gasteiger partial charge in [0, 0.05) is 36.8 Å². The number of nitrogens with one attached hydrogen (secondary N) is 1. The van der Waals surface area contributed by atoms with Crippen LogP contribution in [0.3, 0.4) is 0 Å². The molecule has 0 unspecified atom stereocenters. The number of nitrogens with zero attached hydrogens (tertiary/aromatic N) is 1. The van der Waals surface area contributed by atoms with Gasteiger partial charge in [0.1, 0.15) is 0 Å². The summed E-state index contributed by atoms with van der Waals surface area (Å²) in [6.45, 7) is 4.49. The van der Waals surface area contributed by atoms with Crippen molar-refractivity contribution in [3.05, 3.63) is 28.8 Å². The van der Waals surface area contributed by atoms with Gasteiger partial charge in [-0.1, -0.05) is 17.7 Å². The van der Waals surface area contributed by atoms with Gasteiger partial charge in [0.2, 0.25) is 5.91 Å². The Bertz CT molecular complexity index is 493. The third-order valence-electron chi connectivity index (χ3n) is 4.03. The van der Waals surface area contributed by atoms with Crippen LogP contribution < -0.4 is 5.32 Å². The highest BCUT2D eigenvalue weighted by molar-refractivity contribution is 6.31. The first-order valence-electron chi connectivity index (χ1n) is 7.39. The summed E-state index contributed by atoms with van der Waals surface area (Å²) >= 11 is 6.06. The lowest BCUT2D eigenvalue weighted by molar-refractivity contribution is -0.116. The molecule has 1 aromatic rings. The van der Waals surface area contributed by atoms with Crippen molar-refractivity contribution >= 4 is 23.2 Å². The first kappa shape index (κ1) is 16.3.